The van der Waals surface area contributed by atoms with Gasteiger partial charge < -0.3 is 10.2 Å². The van der Waals surface area contributed by atoms with E-state index in [4.69, 9.17) is 0 Å². The van der Waals surface area contributed by atoms with Crippen LogP contribution in [-0.2, 0) is 0 Å². The summed E-state index contributed by atoms with van der Waals surface area (Å²) in [5.41, 5.74) is 0.434. The third-order valence-corrected chi connectivity index (χ3v) is 4.44. The maximum Gasteiger partial charge on any atom is 0.163 e. The molecule has 118 valence electrons. The number of halogens is 2. The maximum absolute atomic E-state index is 14.0. The molecule has 1 aliphatic carbocycles. The smallest absolute Gasteiger partial charge is 0.163 e. The van der Waals surface area contributed by atoms with Gasteiger partial charge in [-0.1, -0.05) is 32.4 Å². The first-order valence-electron chi connectivity index (χ1n) is 8.05. The summed E-state index contributed by atoms with van der Waals surface area (Å²) in [5.74, 6) is -0.704. The fourth-order valence-electron chi connectivity index (χ4n) is 2.94. The lowest BCUT2D eigenvalue weighted by Crippen LogP contribution is -2.39. The van der Waals surface area contributed by atoms with Crippen molar-refractivity contribution in [1.29, 1.82) is 0 Å². The van der Waals surface area contributed by atoms with Crippen molar-refractivity contribution in [2.45, 2.75) is 39.2 Å². The molecule has 1 atom stereocenters. The summed E-state index contributed by atoms with van der Waals surface area (Å²) >= 11 is 0. The monoisotopic (exact) mass is 296 g/mol. The van der Waals surface area contributed by atoms with Gasteiger partial charge in [-0.2, -0.15) is 0 Å². The van der Waals surface area contributed by atoms with Gasteiger partial charge in [0, 0.05) is 24.7 Å². The van der Waals surface area contributed by atoms with Crippen LogP contribution in [0.2, 0.25) is 0 Å². The van der Waals surface area contributed by atoms with E-state index in [-0.39, 0.29) is 6.04 Å². The number of likely N-dealkylation sites (N-methyl/N-ethyl adjacent to an activating group) is 2. The summed E-state index contributed by atoms with van der Waals surface area (Å²) in [6, 6.07) is 4.28. The van der Waals surface area contributed by atoms with Crippen molar-refractivity contribution in [2.75, 3.05) is 26.2 Å². The molecule has 1 N–H and O–H groups in total. The zero-order valence-electron chi connectivity index (χ0n) is 13.0. The lowest BCUT2D eigenvalue weighted by Gasteiger charge is -2.34. The standard InChI is InChI=1S/C17H26F2N2/c1-3-20-16(14-9-6-10-15(18)17(14)19)12-21(4-2)11-13-7-5-8-13/h6,9-10,13,16,20H,3-5,7-8,11-12H2,1-2H3. The second-order valence-corrected chi connectivity index (χ2v) is 5.90. The molecule has 0 aromatic heterocycles. The number of hydrogen-bond acceptors (Lipinski definition) is 2. The Hall–Kier alpha value is -1.00. The molecular weight excluding hydrogens is 270 g/mol. The van der Waals surface area contributed by atoms with Crippen LogP contribution in [-0.4, -0.2) is 31.1 Å². The second-order valence-electron chi connectivity index (χ2n) is 5.90. The van der Waals surface area contributed by atoms with Crippen molar-refractivity contribution >= 4 is 0 Å². The maximum atomic E-state index is 14.0. The molecule has 1 aromatic rings. The highest BCUT2D eigenvalue weighted by molar-refractivity contribution is 5.23. The van der Waals surface area contributed by atoms with E-state index in [9.17, 15) is 8.78 Å². The number of hydrogen-bond donors (Lipinski definition) is 1. The van der Waals surface area contributed by atoms with E-state index in [2.05, 4.69) is 17.1 Å². The van der Waals surface area contributed by atoms with E-state index in [0.29, 0.717) is 5.56 Å². The van der Waals surface area contributed by atoms with Gasteiger partial charge in [-0.3, -0.25) is 0 Å². The van der Waals surface area contributed by atoms with Crippen LogP contribution in [0.5, 0.6) is 0 Å². The molecule has 1 fully saturated rings. The van der Waals surface area contributed by atoms with Crippen LogP contribution >= 0.6 is 0 Å². The van der Waals surface area contributed by atoms with E-state index in [0.717, 1.165) is 32.1 Å². The molecular formula is C17H26F2N2. The van der Waals surface area contributed by atoms with Gasteiger partial charge in [0.05, 0.1) is 0 Å². The molecule has 21 heavy (non-hydrogen) atoms. The molecule has 0 bridgehead atoms. The van der Waals surface area contributed by atoms with E-state index < -0.39 is 11.6 Å². The predicted octanol–water partition coefficient (Wildman–Crippen LogP) is 3.74. The Morgan fingerprint density at radius 2 is 2.05 bits per heavy atom. The summed E-state index contributed by atoms with van der Waals surface area (Å²) < 4.78 is 27.5. The Morgan fingerprint density at radius 3 is 2.62 bits per heavy atom. The lowest BCUT2D eigenvalue weighted by atomic mass is 9.85. The molecule has 0 aliphatic heterocycles. The molecule has 1 unspecified atom stereocenters. The Balaban J connectivity index is 2.07. The Bertz CT molecular complexity index is 446. The molecule has 0 heterocycles. The van der Waals surface area contributed by atoms with Crippen LogP contribution < -0.4 is 5.32 Å². The van der Waals surface area contributed by atoms with Gasteiger partial charge in [0.25, 0.3) is 0 Å². The first kappa shape index (κ1) is 16.4. The van der Waals surface area contributed by atoms with Crippen LogP contribution in [0.15, 0.2) is 18.2 Å². The minimum absolute atomic E-state index is 0.161. The quantitative estimate of drug-likeness (QED) is 0.786. The molecule has 1 aromatic carbocycles. The van der Waals surface area contributed by atoms with Crippen molar-refractivity contribution in [1.82, 2.24) is 10.2 Å². The summed E-state index contributed by atoms with van der Waals surface area (Å²) in [5, 5.41) is 3.29. The molecule has 0 saturated heterocycles. The van der Waals surface area contributed by atoms with Crippen molar-refractivity contribution in [2.24, 2.45) is 5.92 Å². The molecule has 4 heteroatoms. The van der Waals surface area contributed by atoms with E-state index in [1.807, 2.05) is 6.92 Å². The fraction of sp³-hybridized carbons (Fsp3) is 0.647. The van der Waals surface area contributed by atoms with Crippen LogP contribution in [0, 0.1) is 17.6 Å². The van der Waals surface area contributed by atoms with Crippen molar-refractivity contribution < 1.29 is 8.78 Å². The van der Waals surface area contributed by atoms with Gasteiger partial charge in [-0.05, 0) is 37.9 Å². The number of nitrogens with one attached hydrogen (secondary N) is 1. The summed E-state index contributed by atoms with van der Waals surface area (Å²) in [6.07, 6.45) is 3.94. The van der Waals surface area contributed by atoms with Crippen molar-refractivity contribution in [3.63, 3.8) is 0 Å². The Kier molecular flexibility index (Phi) is 6.12. The van der Waals surface area contributed by atoms with Crippen molar-refractivity contribution in [3.05, 3.63) is 35.4 Å². The topological polar surface area (TPSA) is 15.3 Å². The van der Waals surface area contributed by atoms with Gasteiger partial charge in [0.15, 0.2) is 11.6 Å². The normalized spacial score (nSPS) is 17.0. The zero-order chi connectivity index (χ0) is 15.2. The lowest BCUT2D eigenvalue weighted by molar-refractivity contribution is 0.169. The molecule has 0 radical (unpaired) electrons. The Morgan fingerprint density at radius 1 is 1.29 bits per heavy atom. The van der Waals surface area contributed by atoms with Crippen molar-refractivity contribution in [3.8, 4) is 0 Å². The molecule has 0 amide bonds. The number of nitrogens with zero attached hydrogens (tertiary/aromatic N) is 1. The highest BCUT2D eigenvalue weighted by Crippen LogP contribution is 2.28. The third kappa shape index (κ3) is 4.24. The van der Waals surface area contributed by atoms with Crippen LogP contribution in [0.25, 0.3) is 0 Å². The molecule has 0 spiro atoms. The second kappa shape index (κ2) is 7.85. The largest absolute Gasteiger partial charge is 0.309 e. The average Bonchev–Trinajstić information content (AvgIpc) is 2.43. The summed E-state index contributed by atoms with van der Waals surface area (Å²) in [7, 11) is 0. The summed E-state index contributed by atoms with van der Waals surface area (Å²) in [4.78, 5) is 2.35. The van der Waals surface area contributed by atoms with Crippen LogP contribution in [0.3, 0.4) is 0 Å². The highest BCUT2D eigenvalue weighted by atomic mass is 19.2. The first-order chi connectivity index (χ1) is 10.2. The van der Waals surface area contributed by atoms with Gasteiger partial charge in [-0.15, -0.1) is 0 Å². The van der Waals surface area contributed by atoms with Gasteiger partial charge in [0.1, 0.15) is 0 Å². The van der Waals surface area contributed by atoms with Gasteiger partial charge >= 0.3 is 0 Å². The van der Waals surface area contributed by atoms with Crippen LogP contribution in [0.4, 0.5) is 8.78 Å². The highest BCUT2D eigenvalue weighted by Gasteiger charge is 2.24. The number of rotatable bonds is 8. The molecule has 2 nitrogen and oxygen atoms in total. The average molecular weight is 296 g/mol. The van der Waals surface area contributed by atoms with E-state index in [1.165, 1.54) is 25.3 Å². The summed E-state index contributed by atoms with van der Waals surface area (Å²) in [6.45, 7) is 7.59. The Labute approximate surface area is 126 Å². The van der Waals surface area contributed by atoms with Crippen LogP contribution in [0.1, 0.15) is 44.7 Å². The van der Waals surface area contributed by atoms with E-state index in [1.54, 1.807) is 12.1 Å². The fourth-order valence-corrected chi connectivity index (χ4v) is 2.94. The van der Waals surface area contributed by atoms with Gasteiger partial charge in [-0.25, -0.2) is 8.78 Å². The van der Waals surface area contributed by atoms with Gasteiger partial charge in [0.2, 0.25) is 0 Å². The number of benzene rings is 1. The van der Waals surface area contributed by atoms with E-state index >= 15 is 0 Å². The predicted molar refractivity (Wildman–Crippen MR) is 82.2 cm³/mol. The first-order valence-corrected chi connectivity index (χ1v) is 8.05. The molecule has 1 aliphatic rings. The SMILES string of the molecule is CCNC(CN(CC)CC1CCC1)c1cccc(F)c1F. The zero-order valence-corrected chi connectivity index (χ0v) is 13.0. The minimum Gasteiger partial charge on any atom is -0.309 e. The molecule has 1 saturated carbocycles. The minimum atomic E-state index is -0.766. The molecule has 2 rings (SSSR count). The third-order valence-electron chi connectivity index (χ3n) is 4.44.